The van der Waals surface area contributed by atoms with Crippen molar-refractivity contribution < 1.29 is 13.2 Å². The van der Waals surface area contributed by atoms with Crippen LogP contribution in [-0.4, -0.2) is 47.7 Å². The molecule has 23 heavy (non-hydrogen) atoms. The molecule has 4 rings (SSSR count). The monoisotopic (exact) mass is 334 g/mol. The lowest BCUT2D eigenvalue weighted by molar-refractivity contribution is 0.200. The second kappa shape index (κ2) is 5.31. The molecule has 1 aliphatic heterocycles. The van der Waals surface area contributed by atoms with Gasteiger partial charge < -0.3 is 9.30 Å². The van der Waals surface area contributed by atoms with Gasteiger partial charge in [0.1, 0.15) is 17.9 Å². The molecule has 7 nitrogen and oxygen atoms in total. The number of benzene rings is 1. The molecule has 2 aliphatic rings. The van der Waals surface area contributed by atoms with E-state index in [-0.39, 0.29) is 6.04 Å². The van der Waals surface area contributed by atoms with E-state index in [0.717, 1.165) is 18.7 Å². The molecule has 2 heterocycles. The molecule has 1 aromatic heterocycles. The van der Waals surface area contributed by atoms with Gasteiger partial charge in [0.25, 0.3) is 0 Å². The highest BCUT2D eigenvalue weighted by atomic mass is 32.2. The molecule has 122 valence electrons. The van der Waals surface area contributed by atoms with Crippen molar-refractivity contribution in [2.24, 2.45) is 0 Å². The van der Waals surface area contributed by atoms with Crippen LogP contribution in [0.1, 0.15) is 30.6 Å². The van der Waals surface area contributed by atoms with Gasteiger partial charge in [-0.15, -0.1) is 10.2 Å². The Bertz CT molecular complexity index is 806. The number of sulfonamides is 1. The van der Waals surface area contributed by atoms with Gasteiger partial charge >= 0.3 is 0 Å². The third-order valence-corrected chi connectivity index (χ3v) is 6.31. The lowest BCUT2D eigenvalue weighted by Crippen LogP contribution is -2.50. The summed E-state index contributed by atoms with van der Waals surface area (Å²) in [5, 5.41) is 8.16. The highest BCUT2D eigenvalue weighted by Gasteiger charge is 2.40. The van der Waals surface area contributed by atoms with Gasteiger partial charge in [0, 0.05) is 19.0 Å². The Morgan fingerprint density at radius 1 is 1.17 bits per heavy atom. The third kappa shape index (κ3) is 2.51. The summed E-state index contributed by atoms with van der Waals surface area (Å²) in [5.41, 5.74) is 0. The van der Waals surface area contributed by atoms with Crippen molar-refractivity contribution in [2.45, 2.75) is 29.7 Å². The minimum absolute atomic E-state index is 0.133. The van der Waals surface area contributed by atoms with Crippen LogP contribution in [0.3, 0.4) is 0 Å². The SMILES string of the molecule is COc1ccc(S(=O)(=O)N2CC(n3cnnc3C3CC3)C2)cc1. The summed E-state index contributed by atoms with van der Waals surface area (Å²) in [6.07, 6.45) is 4.02. The summed E-state index contributed by atoms with van der Waals surface area (Å²) < 4.78 is 33.8. The molecular formula is C15H18N4O3S. The molecule has 1 saturated heterocycles. The highest BCUT2D eigenvalue weighted by molar-refractivity contribution is 7.89. The maximum atomic E-state index is 12.6. The maximum Gasteiger partial charge on any atom is 0.243 e. The van der Waals surface area contributed by atoms with Crippen LogP contribution in [0.2, 0.25) is 0 Å². The topological polar surface area (TPSA) is 77.3 Å². The summed E-state index contributed by atoms with van der Waals surface area (Å²) in [4.78, 5) is 0.294. The van der Waals surface area contributed by atoms with Gasteiger partial charge in [0.15, 0.2) is 0 Å². The summed E-state index contributed by atoms with van der Waals surface area (Å²) in [7, 11) is -1.89. The van der Waals surface area contributed by atoms with Crippen molar-refractivity contribution in [3.05, 3.63) is 36.4 Å². The van der Waals surface area contributed by atoms with Gasteiger partial charge in [-0.25, -0.2) is 8.42 Å². The zero-order chi connectivity index (χ0) is 16.0. The van der Waals surface area contributed by atoms with Gasteiger partial charge in [-0.2, -0.15) is 4.31 Å². The molecule has 2 fully saturated rings. The van der Waals surface area contributed by atoms with Crippen LogP contribution in [0.4, 0.5) is 0 Å². The zero-order valence-electron chi connectivity index (χ0n) is 12.8. The van der Waals surface area contributed by atoms with Crippen LogP contribution >= 0.6 is 0 Å². The van der Waals surface area contributed by atoms with Crippen LogP contribution < -0.4 is 4.74 Å². The molecule has 0 amide bonds. The Labute approximate surface area is 134 Å². The Balaban J connectivity index is 1.48. The van der Waals surface area contributed by atoms with Crippen molar-refractivity contribution >= 4 is 10.0 Å². The minimum Gasteiger partial charge on any atom is -0.497 e. The van der Waals surface area contributed by atoms with Crippen molar-refractivity contribution in [3.8, 4) is 5.75 Å². The second-order valence-electron chi connectivity index (χ2n) is 6.02. The molecule has 2 aromatic rings. The Morgan fingerprint density at radius 2 is 1.87 bits per heavy atom. The van der Waals surface area contributed by atoms with Crippen molar-refractivity contribution in [2.75, 3.05) is 20.2 Å². The fourth-order valence-electron chi connectivity index (χ4n) is 2.85. The molecule has 1 saturated carbocycles. The van der Waals surface area contributed by atoms with Crippen molar-refractivity contribution in [1.82, 2.24) is 19.1 Å². The minimum atomic E-state index is -3.45. The van der Waals surface area contributed by atoms with Crippen LogP contribution in [0.25, 0.3) is 0 Å². The predicted molar refractivity (Wildman–Crippen MR) is 82.8 cm³/mol. The number of ether oxygens (including phenoxy) is 1. The molecule has 0 bridgehead atoms. The number of hydrogen-bond acceptors (Lipinski definition) is 5. The quantitative estimate of drug-likeness (QED) is 0.826. The van der Waals surface area contributed by atoms with Gasteiger partial charge in [-0.3, -0.25) is 0 Å². The first-order chi connectivity index (χ1) is 11.1. The van der Waals surface area contributed by atoms with Crippen molar-refractivity contribution in [3.63, 3.8) is 0 Å². The molecular weight excluding hydrogens is 316 g/mol. The van der Waals surface area contributed by atoms with E-state index in [2.05, 4.69) is 10.2 Å². The van der Waals surface area contributed by atoms with Crippen molar-refractivity contribution in [1.29, 1.82) is 0 Å². The van der Waals surface area contributed by atoms with Crippen LogP contribution in [0.15, 0.2) is 35.5 Å². The Kier molecular flexibility index (Phi) is 3.38. The van der Waals surface area contributed by atoms with E-state index in [1.807, 2.05) is 4.57 Å². The number of rotatable bonds is 5. The Hall–Kier alpha value is -1.93. The van der Waals surface area contributed by atoms with E-state index in [9.17, 15) is 8.42 Å². The smallest absolute Gasteiger partial charge is 0.243 e. The van der Waals surface area contributed by atoms with Gasteiger partial charge in [0.2, 0.25) is 10.0 Å². The maximum absolute atomic E-state index is 12.6. The average Bonchev–Trinajstić information content (AvgIpc) is 3.25. The molecule has 0 unspecified atom stereocenters. The Morgan fingerprint density at radius 3 is 2.48 bits per heavy atom. The molecule has 8 heteroatoms. The molecule has 0 N–H and O–H groups in total. The predicted octanol–water partition coefficient (Wildman–Crippen LogP) is 1.41. The van der Waals surface area contributed by atoms with E-state index in [1.54, 1.807) is 37.7 Å². The van der Waals surface area contributed by atoms with E-state index in [4.69, 9.17) is 4.74 Å². The second-order valence-corrected chi connectivity index (χ2v) is 7.96. The van der Waals surface area contributed by atoms with Gasteiger partial charge in [0.05, 0.1) is 18.0 Å². The number of aromatic nitrogens is 3. The van der Waals surface area contributed by atoms with Crippen LogP contribution in [0.5, 0.6) is 5.75 Å². The lowest BCUT2D eigenvalue weighted by atomic mass is 10.1. The number of methoxy groups -OCH3 is 1. The average molecular weight is 334 g/mol. The van der Waals surface area contributed by atoms with E-state index >= 15 is 0 Å². The first-order valence-corrected chi connectivity index (χ1v) is 9.07. The summed E-state index contributed by atoms with van der Waals surface area (Å²) in [6.45, 7) is 0.929. The standard InChI is InChI=1S/C15H18N4O3S/c1-22-13-4-6-14(7-5-13)23(20,21)18-8-12(9-18)19-10-16-17-15(19)11-2-3-11/h4-7,10-12H,2-3,8-9H2,1H3. The van der Waals surface area contributed by atoms with E-state index in [1.165, 1.54) is 4.31 Å². The zero-order valence-corrected chi connectivity index (χ0v) is 13.6. The fraction of sp³-hybridized carbons (Fsp3) is 0.467. The summed E-state index contributed by atoms with van der Waals surface area (Å²) in [6, 6.07) is 6.62. The van der Waals surface area contributed by atoms with Crippen LogP contribution in [-0.2, 0) is 10.0 Å². The highest BCUT2D eigenvalue weighted by Crippen LogP contribution is 2.40. The van der Waals surface area contributed by atoms with Crippen LogP contribution in [0, 0.1) is 0 Å². The largest absolute Gasteiger partial charge is 0.497 e. The molecule has 1 aromatic carbocycles. The fourth-order valence-corrected chi connectivity index (χ4v) is 4.37. The normalized spacial score (nSPS) is 19.5. The first-order valence-electron chi connectivity index (χ1n) is 7.63. The summed E-state index contributed by atoms with van der Waals surface area (Å²) >= 11 is 0. The van der Waals surface area contributed by atoms with E-state index < -0.39 is 10.0 Å². The van der Waals surface area contributed by atoms with Gasteiger partial charge in [-0.1, -0.05) is 0 Å². The summed E-state index contributed by atoms with van der Waals surface area (Å²) in [5.74, 6) is 2.14. The number of hydrogen-bond donors (Lipinski definition) is 0. The molecule has 0 radical (unpaired) electrons. The lowest BCUT2D eigenvalue weighted by Gasteiger charge is -2.39. The first kappa shape index (κ1) is 14.6. The number of nitrogens with zero attached hydrogens (tertiary/aromatic N) is 4. The third-order valence-electron chi connectivity index (χ3n) is 4.46. The molecule has 1 aliphatic carbocycles. The molecule has 0 atom stereocenters. The van der Waals surface area contributed by atoms with E-state index in [0.29, 0.717) is 29.7 Å². The van der Waals surface area contributed by atoms with Gasteiger partial charge in [-0.05, 0) is 37.1 Å². The molecule has 0 spiro atoms.